The topological polar surface area (TPSA) is 66.5 Å². The minimum absolute atomic E-state index is 0.0517. The molecule has 1 saturated carbocycles. The Morgan fingerprint density at radius 3 is 2.07 bits per heavy atom. The SMILES string of the molecule is CCN(CC)S(=O)(=O)c1ccc(NC(=O)C2(c3ccc(Br)cc3)CC2)cc1. The van der Waals surface area contributed by atoms with Crippen molar-refractivity contribution < 1.29 is 13.2 Å². The van der Waals surface area contributed by atoms with Crippen LogP contribution in [0.3, 0.4) is 0 Å². The van der Waals surface area contributed by atoms with Gasteiger partial charge in [-0.15, -0.1) is 0 Å². The molecule has 0 atom stereocenters. The smallest absolute Gasteiger partial charge is 0.243 e. The van der Waals surface area contributed by atoms with Gasteiger partial charge in [0.1, 0.15) is 0 Å². The van der Waals surface area contributed by atoms with E-state index in [4.69, 9.17) is 0 Å². The van der Waals surface area contributed by atoms with E-state index in [1.165, 1.54) is 4.31 Å². The standard InChI is InChI=1S/C20H23BrN2O3S/c1-3-23(4-2)27(25,26)18-11-9-17(10-12-18)22-19(24)20(13-14-20)15-5-7-16(21)8-6-15/h5-12H,3-4,13-14H2,1-2H3,(H,22,24). The summed E-state index contributed by atoms with van der Waals surface area (Å²) in [7, 11) is -3.49. The summed E-state index contributed by atoms with van der Waals surface area (Å²) in [4.78, 5) is 13.0. The summed E-state index contributed by atoms with van der Waals surface area (Å²) >= 11 is 3.41. The Morgan fingerprint density at radius 1 is 1.04 bits per heavy atom. The summed E-state index contributed by atoms with van der Waals surface area (Å²) in [6.07, 6.45) is 1.63. The fourth-order valence-electron chi connectivity index (χ4n) is 3.21. The van der Waals surface area contributed by atoms with E-state index in [9.17, 15) is 13.2 Å². The molecule has 0 radical (unpaired) electrons. The molecule has 1 aliphatic carbocycles. The normalized spacial score (nSPS) is 15.6. The molecule has 0 spiro atoms. The molecule has 0 aromatic heterocycles. The van der Waals surface area contributed by atoms with Crippen LogP contribution in [0.1, 0.15) is 32.3 Å². The largest absolute Gasteiger partial charge is 0.325 e. The maximum Gasteiger partial charge on any atom is 0.243 e. The maximum absolute atomic E-state index is 12.8. The number of carbonyl (C=O) groups is 1. The third kappa shape index (κ3) is 3.95. The quantitative estimate of drug-likeness (QED) is 0.688. The van der Waals surface area contributed by atoms with Crippen molar-refractivity contribution in [3.63, 3.8) is 0 Å². The van der Waals surface area contributed by atoms with Crippen LogP contribution in [0.2, 0.25) is 0 Å². The summed E-state index contributed by atoms with van der Waals surface area (Å²) in [5, 5.41) is 2.93. The lowest BCUT2D eigenvalue weighted by molar-refractivity contribution is -0.118. The molecule has 0 unspecified atom stereocenters. The fraction of sp³-hybridized carbons (Fsp3) is 0.350. The number of sulfonamides is 1. The Morgan fingerprint density at radius 2 is 1.59 bits per heavy atom. The average molecular weight is 451 g/mol. The van der Waals surface area contributed by atoms with E-state index in [0.29, 0.717) is 18.8 Å². The van der Waals surface area contributed by atoms with E-state index in [2.05, 4.69) is 21.2 Å². The van der Waals surface area contributed by atoms with Gasteiger partial charge in [0.25, 0.3) is 0 Å². The zero-order valence-electron chi connectivity index (χ0n) is 15.4. The average Bonchev–Trinajstić information content (AvgIpc) is 3.45. The second-order valence-corrected chi connectivity index (χ2v) is 9.51. The second-order valence-electron chi connectivity index (χ2n) is 6.66. The second kappa shape index (κ2) is 7.73. The summed E-state index contributed by atoms with van der Waals surface area (Å²) in [6.45, 7) is 4.47. The molecular weight excluding hydrogens is 428 g/mol. The van der Waals surface area contributed by atoms with Crippen molar-refractivity contribution in [1.29, 1.82) is 0 Å². The number of halogens is 1. The van der Waals surface area contributed by atoms with Gasteiger partial charge >= 0.3 is 0 Å². The van der Waals surface area contributed by atoms with Gasteiger partial charge in [-0.05, 0) is 54.8 Å². The third-order valence-corrected chi connectivity index (χ3v) is 7.63. The Hall–Kier alpha value is -1.70. The summed E-state index contributed by atoms with van der Waals surface area (Å²) < 4.78 is 27.5. The number of nitrogens with one attached hydrogen (secondary N) is 1. The molecule has 1 amide bonds. The maximum atomic E-state index is 12.8. The molecule has 2 aromatic rings. The van der Waals surface area contributed by atoms with Crippen molar-refractivity contribution >= 4 is 37.5 Å². The Labute approximate surface area is 169 Å². The van der Waals surface area contributed by atoms with Crippen molar-refractivity contribution in [3.8, 4) is 0 Å². The minimum atomic E-state index is -3.49. The van der Waals surface area contributed by atoms with Crippen LogP contribution in [0.15, 0.2) is 57.9 Å². The van der Waals surface area contributed by atoms with Crippen LogP contribution in [0.25, 0.3) is 0 Å². The zero-order valence-corrected chi connectivity index (χ0v) is 17.8. The first-order valence-corrected chi connectivity index (χ1v) is 11.2. The highest BCUT2D eigenvalue weighted by Crippen LogP contribution is 2.49. The van der Waals surface area contributed by atoms with Crippen molar-refractivity contribution in [2.75, 3.05) is 18.4 Å². The summed E-state index contributed by atoms with van der Waals surface area (Å²) in [6, 6.07) is 14.2. The number of nitrogens with zero attached hydrogens (tertiary/aromatic N) is 1. The molecule has 1 aliphatic rings. The molecule has 7 heteroatoms. The van der Waals surface area contributed by atoms with Crippen molar-refractivity contribution in [2.45, 2.75) is 37.0 Å². The number of hydrogen-bond donors (Lipinski definition) is 1. The summed E-state index contributed by atoms with van der Waals surface area (Å²) in [5.74, 6) is -0.0517. The highest BCUT2D eigenvalue weighted by molar-refractivity contribution is 9.10. The van der Waals surface area contributed by atoms with Crippen LogP contribution in [0.4, 0.5) is 5.69 Å². The van der Waals surface area contributed by atoms with E-state index < -0.39 is 15.4 Å². The number of benzene rings is 2. The first kappa shape index (κ1) is 20.0. The molecule has 0 saturated heterocycles. The number of hydrogen-bond acceptors (Lipinski definition) is 3. The predicted molar refractivity (Wildman–Crippen MR) is 110 cm³/mol. The Balaban J connectivity index is 1.75. The van der Waals surface area contributed by atoms with E-state index in [1.54, 1.807) is 24.3 Å². The molecular formula is C20H23BrN2O3S. The predicted octanol–water partition coefficient (Wildman–Crippen LogP) is 4.15. The lowest BCUT2D eigenvalue weighted by Gasteiger charge is -2.19. The monoisotopic (exact) mass is 450 g/mol. The highest BCUT2D eigenvalue weighted by atomic mass is 79.9. The number of anilines is 1. The Kier molecular flexibility index (Phi) is 5.74. The fourth-order valence-corrected chi connectivity index (χ4v) is 4.94. The van der Waals surface area contributed by atoms with Gasteiger partial charge in [0, 0.05) is 23.2 Å². The van der Waals surface area contributed by atoms with Crippen molar-refractivity contribution in [1.82, 2.24) is 4.31 Å². The van der Waals surface area contributed by atoms with Gasteiger partial charge in [-0.25, -0.2) is 8.42 Å². The molecule has 1 fully saturated rings. The molecule has 27 heavy (non-hydrogen) atoms. The van der Waals surface area contributed by atoms with E-state index in [0.717, 1.165) is 22.9 Å². The number of carbonyl (C=O) groups excluding carboxylic acids is 1. The zero-order chi connectivity index (χ0) is 19.7. The van der Waals surface area contributed by atoms with Crippen molar-refractivity contribution in [2.24, 2.45) is 0 Å². The minimum Gasteiger partial charge on any atom is -0.325 e. The van der Waals surface area contributed by atoms with Gasteiger partial charge in [-0.3, -0.25) is 4.79 Å². The Bertz CT molecular complexity index is 917. The van der Waals surface area contributed by atoms with Gasteiger partial charge < -0.3 is 5.32 Å². The lowest BCUT2D eigenvalue weighted by atomic mass is 9.95. The van der Waals surface area contributed by atoms with Gasteiger partial charge in [0.05, 0.1) is 10.3 Å². The number of amides is 1. The van der Waals surface area contributed by atoms with Crippen LogP contribution in [0, 0.1) is 0 Å². The van der Waals surface area contributed by atoms with E-state index in [-0.39, 0.29) is 10.8 Å². The van der Waals surface area contributed by atoms with Gasteiger partial charge in [0.15, 0.2) is 0 Å². The molecule has 0 heterocycles. The van der Waals surface area contributed by atoms with Gasteiger partial charge in [0.2, 0.25) is 15.9 Å². The van der Waals surface area contributed by atoms with Crippen LogP contribution < -0.4 is 5.32 Å². The van der Waals surface area contributed by atoms with Crippen LogP contribution in [-0.2, 0) is 20.2 Å². The van der Waals surface area contributed by atoms with Crippen LogP contribution in [0.5, 0.6) is 0 Å². The molecule has 0 bridgehead atoms. The van der Waals surface area contributed by atoms with Crippen LogP contribution >= 0.6 is 15.9 Å². The van der Waals surface area contributed by atoms with Crippen molar-refractivity contribution in [3.05, 3.63) is 58.6 Å². The molecule has 5 nitrogen and oxygen atoms in total. The molecule has 144 valence electrons. The van der Waals surface area contributed by atoms with E-state index in [1.807, 2.05) is 38.1 Å². The van der Waals surface area contributed by atoms with Gasteiger partial charge in [-0.1, -0.05) is 41.9 Å². The highest BCUT2D eigenvalue weighted by Gasteiger charge is 2.51. The molecule has 3 rings (SSSR count). The van der Waals surface area contributed by atoms with Crippen LogP contribution in [-0.4, -0.2) is 31.7 Å². The molecule has 2 aromatic carbocycles. The summed E-state index contributed by atoms with van der Waals surface area (Å²) in [5.41, 5.74) is 1.12. The molecule has 0 aliphatic heterocycles. The van der Waals surface area contributed by atoms with E-state index >= 15 is 0 Å². The first-order chi connectivity index (χ1) is 12.8. The van der Waals surface area contributed by atoms with Gasteiger partial charge in [-0.2, -0.15) is 4.31 Å². The third-order valence-electron chi connectivity index (χ3n) is 5.04. The molecule has 1 N–H and O–H groups in total. The number of rotatable bonds is 7. The lowest BCUT2D eigenvalue weighted by Crippen LogP contribution is -2.30. The first-order valence-electron chi connectivity index (χ1n) is 9.01.